The molecule has 1 amide bonds. The van der Waals surface area contributed by atoms with Gasteiger partial charge in [-0.2, -0.15) is 5.10 Å². The first kappa shape index (κ1) is 20.1. The van der Waals surface area contributed by atoms with Gasteiger partial charge in [0.1, 0.15) is 10.7 Å². The summed E-state index contributed by atoms with van der Waals surface area (Å²) in [6, 6.07) is 1.38. The van der Waals surface area contributed by atoms with Crippen LogP contribution in [0.5, 0.6) is 0 Å². The van der Waals surface area contributed by atoms with E-state index < -0.39 is 11.9 Å². The maximum absolute atomic E-state index is 12.6. The van der Waals surface area contributed by atoms with Crippen LogP contribution in [-0.2, 0) is 28.9 Å². The van der Waals surface area contributed by atoms with E-state index in [0.29, 0.717) is 17.2 Å². The second kappa shape index (κ2) is 9.01. The number of hydrogen-bond donors (Lipinski definition) is 2. The number of hydrogen-bond acceptors (Lipinski definition) is 6. The highest BCUT2D eigenvalue weighted by atomic mass is 32.1. The average molecular weight is 405 g/mol. The largest absolute Gasteiger partial charge is 0.477 e. The van der Waals surface area contributed by atoms with Crippen molar-refractivity contribution in [3.63, 3.8) is 0 Å². The third kappa shape index (κ3) is 4.41. The molecular formula is C19H23N3O5S. The summed E-state index contributed by atoms with van der Waals surface area (Å²) < 4.78 is 6.60. The molecule has 1 aliphatic rings. The van der Waals surface area contributed by atoms with E-state index in [4.69, 9.17) is 9.84 Å². The second-order valence-corrected chi connectivity index (χ2v) is 7.70. The Kier molecular flexibility index (Phi) is 6.45. The lowest BCUT2D eigenvalue weighted by molar-refractivity contribution is -0.116. The highest BCUT2D eigenvalue weighted by Crippen LogP contribution is 2.38. The zero-order valence-electron chi connectivity index (χ0n) is 15.7. The van der Waals surface area contributed by atoms with Gasteiger partial charge in [0.25, 0.3) is 0 Å². The number of anilines is 1. The molecule has 0 radical (unpaired) electrons. The molecular weight excluding hydrogens is 382 g/mol. The molecule has 0 saturated carbocycles. The molecule has 0 aliphatic heterocycles. The summed E-state index contributed by atoms with van der Waals surface area (Å²) in [6.45, 7) is 2.41. The van der Waals surface area contributed by atoms with Crippen LogP contribution in [0.1, 0.15) is 63.9 Å². The number of thiophene rings is 1. The summed E-state index contributed by atoms with van der Waals surface area (Å²) in [6.07, 6.45) is 5.97. The molecule has 0 bridgehead atoms. The number of esters is 1. The number of nitrogens with zero attached hydrogens (tertiary/aromatic N) is 2. The Bertz CT molecular complexity index is 886. The summed E-state index contributed by atoms with van der Waals surface area (Å²) >= 11 is 1.43. The zero-order valence-corrected chi connectivity index (χ0v) is 16.5. The Morgan fingerprint density at radius 1 is 1.32 bits per heavy atom. The monoisotopic (exact) mass is 405 g/mol. The predicted molar refractivity (Wildman–Crippen MR) is 104 cm³/mol. The minimum Gasteiger partial charge on any atom is -0.477 e. The number of carboxylic acids is 1. The number of aromatic carboxylic acids is 1. The fraction of sp³-hybridized carbons (Fsp3) is 0.474. The van der Waals surface area contributed by atoms with E-state index in [1.54, 1.807) is 0 Å². The first-order valence-electron chi connectivity index (χ1n) is 9.37. The second-order valence-electron chi connectivity index (χ2n) is 6.59. The van der Waals surface area contributed by atoms with Gasteiger partial charge in [-0.3, -0.25) is 9.48 Å². The Labute approximate surface area is 166 Å². The number of carbonyl (C=O) groups is 3. The Morgan fingerprint density at radius 2 is 2.11 bits per heavy atom. The van der Waals surface area contributed by atoms with Crippen LogP contribution < -0.4 is 5.32 Å². The minimum absolute atomic E-state index is 0.0308. The molecule has 2 heterocycles. The fourth-order valence-corrected chi connectivity index (χ4v) is 4.52. The van der Waals surface area contributed by atoms with Crippen LogP contribution in [0.2, 0.25) is 0 Å². The number of carboxylic acid groups (broad SMARTS) is 1. The molecule has 0 atom stereocenters. The number of ether oxygens (including phenoxy) is 1. The predicted octanol–water partition coefficient (Wildman–Crippen LogP) is 3.12. The highest BCUT2D eigenvalue weighted by molar-refractivity contribution is 7.17. The van der Waals surface area contributed by atoms with Gasteiger partial charge in [-0.1, -0.05) is 6.92 Å². The molecule has 0 aromatic carbocycles. The molecule has 150 valence electrons. The lowest BCUT2D eigenvalue weighted by Gasteiger charge is -2.12. The number of aromatic nitrogens is 2. The van der Waals surface area contributed by atoms with Gasteiger partial charge in [-0.15, -0.1) is 11.3 Å². The van der Waals surface area contributed by atoms with Crippen LogP contribution in [0, 0.1) is 0 Å². The van der Waals surface area contributed by atoms with Gasteiger partial charge in [0, 0.05) is 17.5 Å². The summed E-state index contributed by atoms with van der Waals surface area (Å²) in [5.41, 5.74) is 1.50. The molecule has 0 spiro atoms. The van der Waals surface area contributed by atoms with Crippen molar-refractivity contribution in [2.45, 2.75) is 52.0 Å². The van der Waals surface area contributed by atoms with Crippen molar-refractivity contribution >= 4 is 34.2 Å². The van der Waals surface area contributed by atoms with Crippen LogP contribution in [0.3, 0.4) is 0 Å². The summed E-state index contributed by atoms with van der Waals surface area (Å²) in [4.78, 5) is 37.3. The van der Waals surface area contributed by atoms with Crippen LogP contribution in [0.15, 0.2) is 12.3 Å². The van der Waals surface area contributed by atoms with Gasteiger partial charge in [-0.05, 0) is 43.7 Å². The van der Waals surface area contributed by atoms with E-state index in [1.807, 2.05) is 6.92 Å². The molecule has 0 fully saturated rings. The molecule has 0 saturated heterocycles. The first-order valence-corrected chi connectivity index (χ1v) is 10.2. The van der Waals surface area contributed by atoms with Crippen molar-refractivity contribution in [1.29, 1.82) is 0 Å². The molecule has 2 aromatic heterocycles. The van der Waals surface area contributed by atoms with E-state index in [-0.39, 0.29) is 24.6 Å². The van der Waals surface area contributed by atoms with E-state index in [1.165, 1.54) is 28.3 Å². The third-order valence-electron chi connectivity index (χ3n) is 4.55. The fourth-order valence-electron chi connectivity index (χ4n) is 3.23. The standard InChI is InChI=1S/C19H23N3O5S/c1-2-11-27-19(26)16-12-5-3-4-6-14(12)28-17(16)21-15(23)8-10-22-13(18(24)25)7-9-20-22/h7,9H,2-6,8,10-11H2,1H3,(H,21,23)(H,24,25). The normalized spacial score (nSPS) is 13.0. The molecule has 8 nitrogen and oxygen atoms in total. The molecule has 3 rings (SSSR count). The van der Waals surface area contributed by atoms with E-state index in [2.05, 4.69) is 10.4 Å². The van der Waals surface area contributed by atoms with Gasteiger partial charge in [0.05, 0.1) is 18.7 Å². The number of nitrogens with one attached hydrogen (secondary N) is 1. The average Bonchev–Trinajstić information content (AvgIpc) is 3.28. The molecule has 9 heteroatoms. The van der Waals surface area contributed by atoms with Crippen molar-refractivity contribution < 1.29 is 24.2 Å². The van der Waals surface area contributed by atoms with Gasteiger partial charge in [0.15, 0.2) is 0 Å². The molecule has 0 unspecified atom stereocenters. The summed E-state index contributed by atoms with van der Waals surface area (Å²) in [5.74, 6) is -1.78. The van der Waals surface area contributed by atoms with Crippen LogP contribution in [0.25, 0.3) is 0 Å². The SMILES string of the molecule is CCCOC(=O)c1c(NC(=O)CCn2nccc2C(=O)O)sc2c1CCCC2. The number of carbonyl (C=O) groups excluding carboxylic acids is 2. The Balaban J connectivity index is 1.73. The number of amides is 1. The highest BCUT2D eigenvalue weighted by Gasteiger charge is 2.27. The minimum atomic E-state index is -1.09. The number of rotatable bonds is 8. The Hall–Kier alpha value is -2.68. The lowest BCUT2D eigenvalue weighted by atomic mass is 9.95. The van der Waals surface area contributed by atoms with Gasteiger partial charge in [-0.25, -0.2) is 9.59 Å². The maximum Gasteiger partial charge on any atom is 0.354 e. The molecule has 1 aliphatic carbocycles. The van der Waals surface area contributed by atoms with Crippen LogP contribution >= 0.6 is 11.3 Å². The molecule has 28 heavy (non-hydrogen) atoms. The Morgan fingerprint density at radius 3 is 2.86 bits per heavy atom. The quantitative estimate of drug-likeness (QED) is 0.653. The smallest absolute Gasteiger partial charge is 0.354 e. The number of fused-ring (bicyclic) bond motifs is 1. The van der Waals surface area contributed by atoms with Crippen molar-refractivity contribution in [1.82, 2.24) is 9.78 Å². The van der Waals surface area contributed by atoms with Crippen molar-refractivity contribution in [2.24, 2.45) is 0 Å². The topological polar surface area (TPSA) is 111 Å². The van der Waals surface area contributed by atoms with E-state index in [9.17, 15) is 14.4 Å². The van der Waals surface area contributed by atoms with E-state index >= 15 is 0 Å². The first-order chi connectivity index (χ1) is 13.5. The van der Waals surface area contributed by atoms with Crippen molar-refractivity contribution in [2.75, 3.05) is 11.9 Å². The zero-order chi connectivity index (χ0) is 20.1. The van der Waals surface area contributed by atoms with E-state index in [0.717, 1.165) is 42.5 Å². The van der Waals surface area contributed by atoms with Gasteiger partial charge >= 0.3 is 11.9 Å². The van der Waals surface area contributed by atoms with Crippen molar-refractivity contribution in [3.05, 3.63) is 34.0 Å². The van der Waals surface area contributed by atoms with Crippen LogP contribution in [-0.4, -0.2) is 39.3 Å². The molecule has 2 aromatic rings. The van der Waals surface area contributed by atoms with Crippen molar-refractivity contribution in [3.8, 4) is 0 Å². The molecule has 2 N–H and O–H groups in total. The van der Waals surface area contributed by atoms with Gasteiger partial charge < -0.3 is 15.2 Å². The van der Waals surface area contributed by atoms with Gasteiger partial charge in [0.2, 0.25) is 5.91 Å². The number of aryl methyl sites for hydroxylation is 2. The summed E-state index contributed by atoms with van der Waals surface area (Å²) in [5, 5.41) is 16.4. The van der Waals surface area contributed by atoms with Crippen LogP contribution in [0.4, 0.5) is 5.00 Å². The lowest BCUT2D eigenvalue weighted by Crippen LogP contribution is -2.19. The summed E-state index contributed by atoms with van der Waals surface area (Å²) in [7, 11) is 0. The third-order valence-corrected chi connectivity index (χ3v) is 5.76. The maximum atomic E-state index is 12.6.